The van der Waals surface area contributed by atoms with Gasteiger partial charge in [-0.1, -0.05) is 0 Å². The first kappa shape index (κ1) is 12.9. The van der Waals surface area contributed by atoms with Crippen LogP contribution in [0.25, 0.3) is 0 Å². The van der Waals surface area contributed by atoms with Gasteiger partial charge in [0.2, 0.25) is 5.91 Å². The summed E-state index contributed by atoms with van der Waals surface area (Å²) in [4.78, 5) is 21.9. The van der Waals surface area contributed by atoms with Gasteiger partial charge in [-0.25, -0.2) is 0 Å². The van der Waals surface area contributed by atoms with Crippen LogP contribution in [-0.2, 0) is 14.3 Å². The van der Waals surface area contributed by atoms with Gasteiger partial charge < -0.3 is 10.1 Å². The number of hydrogen-bond donors (Lipinski definition) is 2. The van der Waals surface area contributed by atoms with Crippen LogP contribution in [0.3, 0.4) is 0 Å². The van der Waals surface area contributed by atoms with Crippen molar-refractivity contribution in [3.05, 3.63) is 0 Å². The molecule has 1 amide bonds. The second kappa shape index (κ2) is 7.32. The summed E-state index contributed by atoms with van der Waals surface area (Å²) < 4.78 is 4.67. The summed E-state index contributed by atoms with van der Waals surface area (Å²) in [5.74, 6) is -0.464. The maximum absolute atomic E-state index is 11.1. The Hall–Kier alpha value is -1.10. The minimum atomic E-state index is -0.343. The smallest absolute Gasteiger partial charge is 0.319 e. The molecule has 0 spiro atoms. The molecule has 0 unspecified atom stereocenters. The highest BCUT2D eigenvalue weighted by Gasteiger charge is 2.04. The Balaban J connectivity index is 3.44. The number of esters is 1. The van der Waals surface area contributed by atoms with Crippen molar-refractivity contribution in [3.63, 3.8) is 0 Å². The molecule has 0 heterocycles. The minimum Gasteiger partial charge on any atom is -0.465 e. The van der Waals surface area contributed by atoms with E-state index in [1.165, 1.54) is 0 Å². The van der Waals surface area contributed by atoms with Gasteiger partial charge in [0.1, 0.15) is 0 Å². The van der Waals surface area contributed by atoms with E-state index in [1.807, 2.05) is 13.8 Å². The molecule has 0 rings (SSSR count). The van der Waals surface area contributed by atoms with Gasteiger partial charge >= 0.3 is 5.97 Å². The summed E-state index contributed by atoms with van der Waals surface area (Å²) in [6, 6.07) is 0.117. The van der Waals surface area contributed by atoms with Crippen LogP contribution in [0, 0.1) is 0 Å². The van der Waals surface area contributed by atoms with E-state index in [-0.39, 0.29) is 31.0 Å². The van der Waals surface area contributed by atoms with Crippen LogP contribution in [-0.4, -0.2) is 37.6 Å². The predicted molar refractivity (Wildman–Crippen MR) is 52.8 cm³/mol. The van der Waals surface area contributed by atoms with Crippen molar-refractivity contribution >= 4 is 11.9 Å². The average Bonchev–Trinajstić information content (AvgIpc) is 2.02. The molecular formula is C9H18N2O3. The maximum atomic E-state index is 11.1. The number of carbonyl (C=O) groups excluding carboxylic acids is 2. The van der Waals surface area contributed by atoms with Crippen LogP contribution in [0.4, 0.5) is 0 Å². The highest BCUT2D eigenvalue weighted by Crippen LogP contribution is 1.77. The monoisotopic (exact) mass is 202 g/mol. The van der Waals surface area contributed by atoms with Gasteiger partial charge in [-0.05, 0) is 20.8 Å². The van der Waals surface area contributed by atoms with Crippen LogP contribution in [0.15, 0.2) is 0 Å². The van der Waals surface area contributed by atoms with Gasteiger partial charge in [0, 0.05) is 6.04 Å². The molecule has 82 valence electrons. The Labute approximate surface area is 84.2 Å². The molecule has 0 radical (unpaired) electrons. The summed E-state index contributed by atoms with van der Waals surface area (Å²) in [5, 5.41) is 5.38. The molecule has 0 saturated carbocycles. The molecule has 0 atom stereocenters. The molecule has 0 aromatic carbocycles. The zero-order chi connectivity index (χ0) is 11.0. The van der Waals surface area contributed by atoms with Gasteiger partial charge in [-0.15, -0.1) is 0 Å². The number of amides is 1. The molecule has 0 fully saturated rings. The molecule has 0 aliphatic carbocycles. The normalized spacial score (nSPS) is 10.0. The standard InChI is InChI=1S/C9H18N2O3/c1-4-14-9(13)6-10-5-8(12)11-7(2)3/h7,10H,4-6H2,1-3H3,(H,11,12). The molecule has 5 heteroatoms. The second-order valence-electron chi connectivity index (χ2n) is 3.13. The lowest BCUT2D eigenvalue weighted by Crippen LogP contribution is -2.39. The molecule has 0 bridgehead atoms. The summed E-state index contributed by atoms with van der Waals surface area (Å²) in [6.45, 7) is 6.06. The van der Waals surface area contributed by atoms with Gasteiger partial charge in [-0.3, -0.25) is 14.9 Å². The number of hydrogen-bond acceptors (Lipinski definition) is 4. The lowest BCUT2D eigenvalue weighted by Gasteiger charge is -2.08. The van der Waals surface area contributed by atoms with E-state index >= 15 is 0 Å². The van der Waals surface area contributed by atoms with Crippen molar-refractivity contribution in [2.24, 2.45) is 0 Å². The lowest BCUT2D eigenvalue weighted by molar-refractivity contribution is -0.142. The van der Waals surface area contributed by atoms with E-state index in [0.29, 0.717) is 6.61 Å². The number of ether oxygens (including phenoxy) is 1. The molecule has 0 aromatic rings. The molecule has 0 aliphatic rings. The van der Waals surface area contributed by atoms with Gasteiger partial charge in [0.05, 0.1) is 19.7 Å². The Morgan fingerprint density at radius 2 is 1.93 bits per heavy atom. The Morgan fingerprint density at radius 1 is 1.29 bits per heavy atom. The van der Waals surface area contributed by atoms with Gasteiger partial charge in [-0.2, -0.15) is 0 Å². The van der Waals surface area contributed by atoms with Crippen molar-refractivity contribution < 1.29 is 14.3 Å². The number of carbonyl (C=O) groups is 2. The topological polar surface area (TPSA) is 67.4 Å². The van der Waals surface area contributed by atoms with E-state index < -0.39 is 0 Å². The van der Waals surface area contributed by atoms with Crippen molar-refractivity contribution in [2.75, 3.05) is 19.7 Å². The Bertz CT molecular complexity index is 192. The van der Waals surface area contributed by atoms with E-state index in [9.17, 15) is 9.59 Å². The molecule has 0 saturated heterocycles. The third-order valence-corrected chi connectivity index (χ3v) is 1.31. The fourth-order valence-electron chi connectivity index (χ4n) is 0.863. The van der Waals surface area contributed by atoms with E-state index in [2.05, 4.69) is 15.4 Å². The van der Waals surface area contributed by atoms with Crippen LogP contribution in [0.5, 0.6) is 0 Å². The molecule has 0 aromatic heterocycles. The predicted octanol–water partition coefficient (Wildman–Crippen LogP) is -0.336. The van der Waals surface area contributed by atoms with E-state index in [0.717, 1.165) is 0 Å². The third-order valence-electron chi connectivity index (χ3n) is 1.31. The van der Waals surface area contributed by atoms with Gasteiger partial charge in [0.15, 0.2) is 0 Å². The molecule has 14 heavy (non-hydrogen) atoms. The number of rotatable bonds is 6. The quantitative estimate of drug-likeness (QED) is 0.578. The average molecular weight is 202 g/mol. The van der Waals surface area contributed by atoms with Gasteiger partial charge in [0.25, 0.3) is 0 Å². The van der Waals surface area contributed by atoms with E-state index in [1.54, 1.807) is 6.92 Å². The van der Waals surface area contributed by atoms with Crippen LogP contribution >= 0.6 is 0 Å². The zero-order valence-corrected chi connectivity index (χ0v) is 8.92. The van der Waals surface area contributed by atoms with Crippen LogP contribution in [0.2, 0.25) is 0 Å². The SMILES string of the molecule is CCOC(=O)CNCC(=O)NC(C)C. The van der Waals surface area contributed by atoms with Crippen LogP contribution < -0.4 is 10.6 Å². The zero-order valence-electron chi connectivity index (χ0n) is 8.92. The number of nitrogens with one attached hydrogen (secondary N) is 2. The van der Waals surface area contributed by atoms with Crippen molar-refractivity contribution in [1.82, 2.24) is 10.6 Å². The molecule has 5 nitrogen and oxygen atoms in total. The van der Waals surface area contributed by atoms with Crippen molar-refractivity contribution in [2.45, 2.75) is 26.8 Å². The van der Waals surface area contributed by atoms with Crippen LogP contribution in [0.1, 0.15) is 20.8 Å². The first-order chi connectivity index (χ1) is 6.56. The summed E-state index contributed by atoms with van der Waals surface area (Å²) >= 11 is 0. The van der Waals surface area contributed by atoms with Crippen molar-refractivity contribution in [1.29, 1.82) is 0 Å². The highest BCUT2D eigenvalue weighted by molar-refractivity contribution is 5.79. The highest BCUT2D eigenvalue weighted by atomic mass is 16.5. The first-order valence-electron chi connectivity index (χ1n) is 4.72. The Morgan fingerprint density at radius 3 is 2.43 bits per heavy atom. The summed E-state index contributed by atoms with van der Waals surface area (Å²) in [5.41, 5.74) is 0. The van der Waals surface area contributed by atoms with E-state index in [4.69, 9.17) is 0 Å². The fourth-order valence-corrected chi connectivity index (χ4v) is 0.863. The summed E-state index contributed by atoms with van der Waals surface area (Å²) in [6.07, 6.45) is 0. The summed E-state index contributed by atoms with van der Waals surface area (Å²) in [7, 11) is 0. The molecule has 2 N–H and O–H groups in total. The largest absolute Gasteiger partial charge is 0.465 e. The first-order valence-corrected chi connectivity index (χ1v) is 4.72. The minimum absolute atomic E-state index is 0.0688. The fraction of sp³-hybridized carbons (Fsp3) is 0.778. The maximum Gasteiger partial charge on any atom is 0.319 e. The molecular weight excluding hydrogens is 184 g/mol. The lowest BCUT2D eigenvalue weighted by atomic mass is 10.4. The third kappa shape index (κ3) is 7.54. The van der Waals surface area contributed by atoms with Crippen molar-refractivity contribution in [3.8, 4) is 0 Å². The Kier molecular flexibility index (Phi) is 6.74. The second-order valence-corrected chi connectivity index (χ2v) is 3.13. The molecule has 0 aliphatic heterocycles.